The van der Waals surface area contributed by atoms with Crippen molar-refractivity contribution in [2.75, 3.05) is 13.7 Å². The summed E-state index contributed by atoms with van der Waals surface area (Å²) in [5.41, 5.74) is 2.16. The average molecular weight is 543 g/mol. The molecule has 0 heterocycles. The molecule has 4 heteroatoms. The third kappa shape index (κ3) is 3.99. The van der Waals surface area contributed by atoms with Gasteiger partial charge in [-0.1, -0.05) is 46.8 Å². The summed E-state index contributed by atoms with van der Waals surface area (Å²) in [5, 5.41) is 11.8. The summed E-state index contributed by atoms with van der Waals surface area (Å²) in [6.45, 7) is 21.8. The van der Waals surface area contributed by atoms with Gasteiger partial charge in [-0.3, -0.25) is 4.79 Å². The maximum Gasteiger partial charge on any atom is 0.308 e. The minimum absolute atomic E-state index is 0.131. The fraction of sp³-hybridized carbons (Fsp3) is 0.914. The Bertz CT molecular complexity index is 972. The lowest BCUT2D eigenvalue weighted by Crippen LogP contribution is -2.67. The van der Waals surface area contributed by atoms with Crippen LogP contribution in [0.1, 0.15) is 119 Å². The van der Waals surface area contributed by atoms with Crippen LogP contribution in [0.25, 0.3) is 0 Å². The number of aliphatic hydroxyl groups is 1. The van der Waals surface area contributed by atoms with Gasteiger partial charge in [0.15, 0.2) is 0 Å². The molecule has 11 atom stereocenters. The topological polar surface area (TPSA) is 55.8 Å². The van der Waals surface area contributed by atoms with Gasteiger partial charge in [-0.2, -0.15) is 0 Å². The zero-order valence-corrected chi connectivity index (χ0v) is 26.4. The molecule has 0 aromatic heterocycles. The molecule has 0 amide bonds. The van der Waals surface area contributed by atoms with Crippen LogP contribution < -0.4 is 0 Å². The van der Waals surface area contributed by atoms with Crippen molar-refractivity contribution >= 4 is 5.97 Å². The zero-order valence-electron chi connectivity index (χ0n) is 26.4. The first-order valence-electron chi connectivity index (χ1n) is 16.2. The van der Waals surface area contributed by atoms with Crippen LogP contribution in [-0.4, -0.2) is 37.0 Å². The maximum absolute atomic E-state index is 12.5. The van der Waals surface area contributed by atoms with Gasteiger partial charge in [0.25, 0.3) is 0 Å². The lowest BCUT2D eigenvalue weighted by atomic mass is 9.32. The van der Waals surface area contributed by atoms with Crippen LogP contribution in [0.2, 0.25) is 0 Å². The molecule has 39 heavy (non-hydrogen) atoms. The van der Waals surface area contributed by atoms with Crippen molar-refractivity contribution in [3.05, 3.63) is 12.2 Å². The highest BCUT2D eigenvalue weighted by Crippen LogP contribution is 2.78. The average Bonchev–Trinajstić information content (AvgIpc) is 3.26. The van der Waals surface area contributed by atoms with Gasteiger partial charge in [0, 0.05) is 12.5 Å². The Kier molecular flexibility index (Phi) is 7.48. The van der Waals surface area contributed by atoms with Gasteiger partial charge in [-0.25, -0.2) is 0 Å². The Hall–Kier alpha value is -0.870. The van der Waals surface area contributed by atoms with Crippen molar-refractivity contribution in [1.29, 1.82) is 0 Å². The molecule has 5 fully saturated rings. The molecule has 5 aliphatic carbocycles. The summed E-state index contributed by atoms with van der Waals surface area (Å²) in [4.78, 5) is 12.5. The molecule has 5 saturated carbocycles. The first-order chi connectivity index (χ1) is 18.2. The molecular weight excluding hydrogens is 484 g/mol. The van der Waals surface area contributed by atoms with Crippen LogP contribution in [0.4, 0.5) is 0 Å². The van der Waals surface area contributed by atoms with E-state index in [0.29, 0.717) is 41.8 Å². The van der Waals surface area contributed by atoms with Crippen molar-refractivity contribution < 1.29 is 19.4 Å². The molecule has 222 valence electrons. The standard InChI is InChI=1S/C35H58O4/c1-10-39-29(37)21-27(36)35-18-13-23(22(2)3)30(35)24-11-12-26-32(6)16-15-28(38-9)31(4,5)25(32)14-17-34(26,8)33(24,7)19-20-35/h23-28,30,36H,2,10-21H2,1,3-9H3/t23-,24+,25-,26+,27+,28-,30+,32-,33+,34+,35+/m0/s1. The van der Waals surface area contributed by atoms with E-state index in [0.717, 1.165) is 31.6 Å². The molecule has 5 aliphatic rings. The summed E-state index contributed by atoms with van der Waals surface area (Å²) in [6.07, 6.45) is 11.7. The van der Waals surface area contributed by atoms with E-state index in [9.17, 15) is 9.90 Å². The highest BCUT2D eigenvalue weighted by Gasteiger charge is 2.71. The molecule has 0 bridgehead atoms. The molecule has 0 aromatic carbocycles. The number of rotatable bonds is 6. The molecule has 0 radical (unpaired) electrons. The SMILES string of the molecule is C=C(C)[C@@H]1CC[C@]2([C@H](O)CC(=O)OCC)CC[C@]3(C)[C@H](CC[C@@H]4[C@@]5(C)CC[C@H](OC)C(C)(C)[C@@H]5CC[C@]43C)[C@@H]12. The lowest BCUT2D eigenvalue weighted by molar-refractivity contribution is -0.255. The number of esters is 1. The number of methoxy groups -OCH3 is 1. The van der Waals surface area contributed by atoms with Crippen molar-refractivity contribution in [3.63, 3.8) is 0 Å². The fourth-order valence-electron chi connectivity index (χ4n) is 12.7. The Morgan fingerprint density at radius 3 is 2.28 bits per heavy atom. The van der Waals surface area contributed by atoms with E-state index in [1.54, 1.807) is 0 Å². The fourth-order valence-corrected chi connectivity index (χ4v) is 12.7. The van der Waals surface area contributed by atoms with Crippen LogP contribution in [-0.2, 0) is 14.3 Å². The van der Waals surface area contributed by atoms with Crippen LogP contribution in [0, 0.1) is 56.7 Å². The largest absolute Gasteiger partial charge is 0.466 e. The Morgan fingerprint density at radius 1 is 0.923 bits per heavy atom. The Balaban J connectivity index is 1.51. The van der Waals surface area contributed by atoms with Gasteiger partial charge in [-0.15, -0.1) is 0 Å². The van der Waals surface area contributed by atoms with Crippen molar-refractivity contribution in [3.8, 4) is 0 Å². The van der Waals surface area contributed by atoms with Crippen molar-refractivity contribution in [1.82, 2.24) is 0 Å². The number of carbonyl (C=O) groups excluding carboxylic acids is 1. The minimum Gasteiger partial charge on any atom is -0.466 e. The molecule has 4 nitrogen and oxygen atoms in total. The highest BCUT2D eigenvalue weighted by molar-refractivity contribution is 5.70. The normalized spacial score (nSPS) is 49.2. The van der Waals surface area contributed by atoms with Gasteiger partial charge in [0.05, 0.1) is 25.2 Å². The number of hydrogen-bond acceptors (Lipinski definition) is 4. The summed E-state index contributed by atoms with van der Waals surface area (Å²) < 4.78 is 11.4. The van der Waals surface area contributed by atoms with Gasteiger partial charge < -0.3 is 14.6 Å². The summed E-state index contributed by atoms with van der Waals surface area (Å²) in [7, 11) is 1.92. The van der Waals surface area contributed by atoms with E-state index >= 15 is 0 Å². The van der Waals surface area contributed by atoms with Crippen molar-refractivity contribution in [2.45, 2.75) is 131 Å². The lowest BCUT2D eigenvalue weighted by Gasteiger charge is -2.73. The number of carbonyl (C=O) groups is 1. The van der Waals surface area contributed by atoms with E-state index in [4.69, 9.17) is 9.47 Å². The Morgan fingerprint density at radius 2 is 1.64 bits per heavy atom. The van der Waals surface area contributed by atoms with E-state index < -0.39 is 6.10 Å². The summed E-state index contributed by atoms with van der Waals surface area (Å²) >= 11 is 0. The predicted octanol–water partition coefficient (Wildman–Crippen LogP) is 7.97. The predicted molar refractivity (Wildman–Crippen MR) is 157 cm³/mol. The quantitative estimate of drug-likeness (QED) is 0.273. The van der Waals surface area contributed by atoms with E-state index in [1.807, 2.05) is 14.0 Å². The maximum atomic E-state index is 12.5. The second-order valence-electron chi connectivity index (χ2n) is 16.0. The van der Waals surface area contributed by atoms with Gasteiger partial charge in [0.1, 0.15) is 0 Å². The van der Waals surface area contributed by atoms with Gasteiger partial charge in [0.2, 0.25) is 0 Å². The zero-order chi connectivity index (χ0) is 28.6. The van der Waals surface area contributed by atoms with Crippen molar-refractivity contribution in [2.24, 2.45) is 56.7 Å². The van der Waals surface area contributed by atoms with E-state index in [-0.39, 0.29) is 34.1 Å². The van der Waals surface area contributed by atoms with Crippen LogP contribution in [0.5, 0.6) is 0 Å². The number of fused-ring (bicyclic) bond motifs is 7. The number of hydrogen-bond donors (Lipinski definition) is 1. The third-order valence-electron chi connectivity index (χ3n) is 14.7. The van der Waals surface area contributed by atoms with Gasteiger partial charge in [-0.05, 0) is 129 Å². The van der Waals surface area contributed by atoms with Crippen LogP contribution in [0.15, 0.2) is 12.2 Å². The molecule has 0 unspecified atom stereocenters. The van der Waals surface area contributed by atoms with E-state index in [1.165, 1.54) is 44.1 Å². The summed E-state index contributed by atoms with van der Waals surface area (Å²) in [6, 6.07) is 0. The highest BCUT2D eigenvalue weighted by atomic mass is 16.5. The minimum atomic E-state index is -0.626. The first-order valence-corrected chi connectivity index (χ1v) is 16.2. The van der Waals surface area contributed by atoms with Crippen LogP contribution >= 0.6 is 0 Å². The second-order valence-corrected chi connectivity index (χ2v) is 16.0. The molecule has 0 aromatic rings. The molecule has 0 saturated heterocycles. The molecule has 5 rings (SSSR count). The monoisotopic (exact) mass is 542 g/mol. The number of allylic oxidation sites excluding steroid dienone is 1. The Labute approximate surface area is 239 Å². The number of ether oxygens (including phenoxy) is 2. The molecular formula is C35H58O4. The van der Waals surface area contributed by atoms with Crippen LogP contribution in [0.3, 0.4) is 0 Å². The summed E-state index contributed by atoms with van der Waals surface area (Å²) in [5.74, 6) is 2.59. The second kappa shape index (κ2) is 9.85. The van der Waals surface area contributed by atoms with Gasteiger partial charge >= 0.3 is 5.97 Å². The first kappa shape index (κ1) is 29.6. The molecule has 1 N–H and O–H groups in total. The number of aliphatic hydroxyl groups excluding tert-OH is 1. The smallest absolute Gasteiger partial charge is 0.308 e. The molecule has 0 aliphatic heterocycles. The van der Waals surface area contributed by atoms with E-state index in [2.05, 4.69) is 48.1 Å². The molecule has 0 spiro atoms. The third-order valence-corrected chi connectivity index (χ3v) is 14.7.